The fourth-order valence-electron chi connectivity index (χ4n) is 3.85. The largest absolute Gasteiger partial charge is 0.370 e. The zero-order chi connectivity index (χ0) is 26.8. The number of rotatable bonds is 13. The highest BCUT2D eigenvalue weighted by molar-refractivity contribution is 5.63. The molecule has 0 atom stereocenters. The highest BCUT2D eigenvalue weighted by Crippen LogP contribution is 2.25. The van der Waals surface area contributed by atoms with Crippen LogP contribution in [-0.4, -0.2) is 45.7 Å². The van der Waals surface area contributed by atoms with Crippen molar-refractivity contribution < 1.29 is 13.6 Å². The van der Waals surface area contributed by atoms with Gasteiger partial charge in [-0.15, -0.1) is 0 Å². The van der Waals surface area contributed by atoms with E-state index in [1.165, 1.54) is 12.1 Å². The van der Waals surface area contributed by atoms with Crippen LogP contribution < -0.4 is 5.32 Å². The Hall–Kier alpha value is -4.07. The topological polar surface area (TPSA) is 63.1 Å². The van der Waals surface area contributed by atoms with E-state index in [2.05, 4.69) is 16.8 Å². The highest BCUT2D eigenvalue weighted by atomic mass is 19.1. The van der Waals surface area contributed by atoms with Crippen molar-refractivity contribution in [3.63, 3.8) is 0 Å². The molecule has 1 aromatic heterocycles. The molecule has 0 saturated heterocycles. The zero-order valence-corrected chi connectivity index (χ0v) is 21.5. The summed E-state index contributed by atoms with van der Waals surface area (Å²) in [6.45, 7) is 11.8. The summed E-state index contributed by atoms with van der Waals surface area (Å²) < 4.78 is 29.6. The second-order valence-electron chi connectivity index (χ2n) is 8.70. The maximum atomic E-state index is 13.9. The van der Waals surface area contributed by atoms with Crippen LogP contribution in [0.1, 0.15) is 24.5 Å². The molecule has 0 spiro atoms. The predicted octanol–water partition coefficient (Wildman–Crippen LogP) is 5.59. The summed E-state index contributed by atoms with van der Waals surface area (Å²) in [6.07, 6.45) is 9.12. The van der Waals surface area contributed by atoms with Crippen molar-refractivity contribution in [1.82, 2.24) is 25.0 Å². The van der Waals surface area contributed by atoms with Gasteiger partial charge in [0.15, 0.2) is 11.6 Å². The van der Waals surface area contributed by atoms with Gasteiger partial charge < -0.3 is 10.2 Å². The van der Waals surface area contributed by atoms with Gasteiger partial charge in [0.05, 0.1) is 0 Å². The van der Waals surface area contributed by atoms with E-state index < -0.39 is 0 Å². The molecule has 0 aliphatic carbocycles. The first-order valence-electron chi connectivity index (χ1n) is 12.2. The van der Waals surface area contributed by atoms with Crippen LogP contribution in [0.2, 0.25) is 0 Å². The number of hydrogen-bond donors (Lipinski definition) is 1. The third kappa shape index (κ3) is 7.46. The van der Waals surface area contributed by atoms with Gasteiger partial charge in [-0.2, -0.15) is 5.10 Å². The van der Waals surface area contributed by atoms with Crippen LogP contribution in [-0.2, 0) is 11.3 Å². The Morgan fingerprint density at radius 1 is 1.05 bits per heavy atom. The number of allylic oxidation sites excluding steroid dienone is 4. The molecule has 6 nitrogen and oxygen atoms in total. The minimum absolute atomic E-state index is 0.284. The quantitative estimate of drug-likeness (QED) is 0.187. The summed E-state index contributed by atoms with van der Waals surface area (Å²) in [6, 6.07) is 9.65. The van der Waals surface area contributed by atoms with E-state index in [0.717, 1.165) is 17.7 Å². The van der Waals surface area contributed by atoms with E-state index in [0.29, 0.717) is 60.9 Å². The molecule has 1 N–H and O–H groups in total. The summed E-state index contributed by atoms with van der Waals surface area (Å²) >= 11 is 0. The molecule has 0 fully saturated rings. The smallest absolute Gasteiger partial charge is 0.207 e. The standard InChI is InChI=1S/C29H33F2N5O/c1-5-6-7-9-23(4)35(17-14-32-20-37)15-8-16-36-29(25-11-13-27(31)22(3)19-25)33-28(34-36)24-10-12-26(30)21(2)18-24/h5-7,9-13,18-20H,4,8,14-17H2,1-3H3,(H,32,37)/b6-5-,9-7-. The lowest BCUT2D eigenvalue weighted by molar-refractivity contribution is -0.109. The van der Waals surface area contributed by atoms with Gasteiger partial charge >= 0.3 is 0 Å². The molecule has 0 aliphatic rings. The van der Waals surface area contributed by atoms with Gasteiger partial charge in [0.2, 0.25) is 6.41 Å². The van der Waals surface area contributed by atoms with E-state index in [4.69, 9.17) is 10.1 Å². The maximum Gasteiger partial charge on any atom is 0.207 e. The van der Waals surface area contributed by atoms with Gasteiger partial charge in [-0.3, -0.25) is 4.79 Å². The van der Waals surface area contributed by atoms with Crippen LogP contribution in [0, 0.1) is 25.5 Å². The van der Waals surface area contributed by atoms with Crippen LogP contribution in [0.25, 0.3) is 22.8 Å². The molecule has 0 aliphatic heterocycles. The molecule has 2 aromatic carbocycles. The molecule has 1 amide bonds. The summed E-state index contributed by atoms with van der Waals surface area (Å²) in [5.74, 6) is 0.519. The van der Waals surface area contributed by atoms with Gasteiger partial charge in [0.25, 0.3) is 0 Å². The second-order valence-corrected chi connectivity index (χ2v) is 8.70. The van der Waals surface area contributed by atoms with Crippen LogP contribution in [0.4, 0.5) is 8.78 Å². The van der Waals surface area contributed by atoms with Crippen molar-refractivity contribution in [2.75, 3.05) is 19.6 Å². The van der Waals surface area contributed by atoms with Crippen molar-refractivity contribution in [2.24, 2.45) is 0 Å². The molecular formula is C29H33F2N5O. The Kier molecular flexibility index (Phi) is 9.89. The number of hydrogen-bond acceptors (Lipinski definition) is 4. The first kappa shape index (κ1) is 27.5. The molecule has 3 rings (SSSR count). The number of amides is 1. The maximum absolute atomic E-state index is 13.9. The number of benzene rings is 2. The number of nitrogens with zero attached hydrogens (tertiary/aromatic N) is 4. The molecule has 0 bridgehead atoms. The second kappa shape index (κ2) is 13.3. The molecular weight excluding hydrogens is 472 g/mol. The lowest BCUT2D eigenvalue weighted by atomic mass is 10.1. The summed E-state index contributed by atoms with van der Waals surface area (Å²) in [7, 11) is 0. The van der Waals surface area contributed by atoms with E-state index >= 15 is 0 Å². The van der Waals surface area contributed by atoms with Crippen LogP contribution in [0.5, 0.6) is 0 Å². The molecule has 0 radical (unpaired) electrons. The monoisotopic (exact) mass is 505 g/mol. The Morgan fingerprint density at radius 3 is 2.38 bits per heavy atom. The van der Waals surface area contributed by atoms with Crippen LogP contribution in [0.3, 0.4) is 0 Å². The molecule has 37 heavy (non-hydrogen) atoms. The highest BCUT2D eigenvalue weighted by Gasteiger charge is 2.16. The average molecular weight is 506 g/mol. The minimum Gasteiger partial charge on any atom is -0.370 e. The van der Waals surface area contributed by atoms with E-state index in [-0.39, 0.29) is 11.6 Å². The summed E-state index contributed by atoms with van der Waals surface area (Å²) in [5, 5.41) is 7.42. The Bertz CT molecular complexity index is 1300. The number of aromatic nitrogens is 3. The van der Waals surface area contributed by atoms with Crippen molar-refractivity contribution in [1.29, 1.82) is 0 Å². The molecule has 3 aromatic rings. The molecule has 1 heterocycles. The van der Waals surface area contributed by atoms with Crippen molar-refractivity contribution >= 4 is 6.41 Å². The lowest BCUT2D eigenvalue weighted by Crippen LogP contribution is -2.31. The number of carbonyl (C=O) groups is 1. The van der Waals surface area contributed by atoms with Gasteiger partial charge in [0, 0.05) is 43.0 Å². The number of carbonyl (C=O) groups excluding carboxylic acids is 1. The van der Waals surface area contributed by atoms with E-state index in [1.807, 2.05) is 31.2 Å². The zero-order valence-electron chi connectivity index (χ0n) is 21.5. The van der Waals surface area contributed by atoms with E-state index in [9.17, 15) is 13.6 Å². The van der Waals surface area contributed by atoms with Gasteiger partial charge in [-0.05, 0) is 80.8 Å². The molecule has 0 unspecified atom stereocenters. The van der Waals surface area contributed by atoms with Crippen molar-refractivity contribution in [3.8, 4) is 22.8 Å². The Balaban J connectivity index is 1.86. The first-order valence-corrected chi connectivity index (χ1v) is 12.2. The fraction of sp³-hybridized carbons (Fsp3) is 0.276. The minimum atomic E-state index is -0.287. The first-order chi connectivity index (χ1) is 17.8. The Morgan fingerprint density at radius 2 is 1.73 bits per heavy atom. The molecule has 0 saturated carbocycles. The van der Waals surface area contributed by atoms with Gasteiger partial charge in [0.1, 0.15) is 11.6 Å². The van der Waals surface area contributed by atoms with Gasteiger partial charge in [-0.25, -0.2) is 18.4 Å². The number of nitrogens with one attached hydrogen (secondary N) is 1. The SMILES string of the molecule is C=C(/C=C\C=C/C)N(CCCn1nc(-c2ccc(F)c(C)c2)nc1-c1ccc(F)c(C)c1)CCNC=O. The molecule has 8 heteroatoms. The lowest BCUT2D eigenvalue weighted by Gasteiger charge is -2.25. The number of aryl methyl sites for hydroxylation is 3. The fourth-order valence-corrected chi connectivity index (χ4v) is 3.85. The van der Waals surface area contributed by atoms with Crippen LogP contribution >= 0.6 is 0 Å². The summed E-state index contributed by atoms with van der Waals surface area (Å²) in [5.41, 5.74) is 3.33. The normalized spacial score (nSPS) is 11.4. The third-order valence-electron chi connectivity index (χ3n) is 5.91. The van der Waals surface area contributed by atoms with Crippen LogP contribution in [0.15, 0.2) is 73.0 Å². The van der Waals surface area contributed by atoms with E-state index in [1.54, 1.807) is 42.8 Å². The Labute approximate surface area is 217 Å². The van der Waals surface area contributed by atoms with Crippen molar-refractivity contribution in [3.05, 3.63) is 95.7 Å². The molecule has 194 valence electrons. The number of halogens is 2. The summed E-state index contributed by atoms with van der Waals surface area (Å²) in [4.78, 5) is 17.5. The van der Waals surface area contributed by atoms with Gasteiger partial charge in [-0.1, -0.05) is 24.8 Å². The average Bonchev–Trinajstić information content (AvgIpc) is 3.30. The predicted molar refractivity (Wildman–Crippen MR) is 144 cm³/mol. The third-order valence-corrected chi connectivity index (χ3v) is 5.91. The van der Waals surface area contributed by atoms with Crippen molar-refractivity contribution in [2.45, 2.75) is 33.7 Å².